The molecule has 0 aliphatic heterocycles. The van der Waals surface area contributed by atoms with Gasteiger partial charge in [0.2, 0.25) is 11.8 Å². The molecule has 35 heavy (non-hydrogen) atoms. The van der Waals surface area contributed by atoms with Crippen molar-refractivity contribution >= 4 is 23.6 Å². The van der Waals surface area contributed by atoms with Crippen LogP contribution in [0.1, 0.15) is 31.4 Å². The number of anilines is 2. The highest BCUT2D eigenvalue weighted by molar-refractivity contribution is 5.93. The number of ether oxygens (including phenoxy) is 1. The van der Waals surface area contributed by atoms with E-state index in [0.717, 1.165) is 25.1 Å². The number of pyridine rings is 1. The predicted molar refractivity (Wildman–Crippen MR) is 124 cm³/mol. The highest BCUT2D eigenvalue weighted by atomic mass is 19.1. The Labute approximate surface area is 200 Å². The average molecular weight is 485 g/mol. The Morgan fingerprint density at radius 1 is 1.11 bits per heavy atom. The highest BCUT2D eigenvalue weighted by Gasteiger charge is 2.29. The number of urea groups is 1. The molecule has 0 spiro atoms. The summed E-state index contributed by atoms with van der Waals surface area (Å²) >= 11 is 0. The highest BCUT2D eigenvalue weighted by Crippen LogP contribution is 2.33. The summed E-state index contributed by atoms with van der Waals surface area (Å²) in [4.78, 5) is 29.1. The minimum atomic E-state index is -0.636. The number of aromatic nitrogens is 2. The number of methoxy groups -OCH3 is 1. The molecule has 0 bridgehead atoms. The first-order chi connectivity index (χ1) is 16.8. The van der Waals surface area contributed by atoms with E-state index in [1.54, 1.807) is 13.0 Å². The second-order valence-electron chi connectivity index (χ2n) is 8.37. The third kappa shape index (κ3) is 5.92. The van der Waals surface area contributed by atoms with Crippen LogP contribution in [0.5, 0.6) is 5.75 Å². The number of rotatable bonds is 6. The lowest BCUT2D eigenvalue weighted by Crippen LogP contribution is -2.42. The lowest BCUT2D eigenvalue weighted by Gasteiger charge is -2.28. The third-order valence-electron chi connectivity index (χ3n) is 5.81. The van der Waals surface area contributed by atoms with E-state index in [4.69, 9.17) is 9.26 Å². The molecule has 11 heteroatoms. The molecule has 0 unspecified atom stereocenters. The quantitative estimate of drug-likeness (QED) is 0.468. The van der Waals surface area contributed by atoms with E-state index in [2.05, 4.69) is 26.1 Å². The van der Waals surface area contributed by atoms with Crippen LogP contribution in [0.2, 0.25) is 0 Å². The molecular formula is C24H25F2N5O4. The first-order valence-corrected chi connectivity index (χ1v) is 11.1. The first kappa shape index (κ1) is 24.1. The molecule has 2 aromatic heterocycles. The van der Waals surface area contributed by atoms with Gasteiger partial charge in [0.15, 0.2) is 0 Å². The van der Waals surface area contributed by atoms with Crippen molar-refractivity contribution in [3.63, 3.8) is 0 Å². The summed E-state index contributed by atoms with van der Waals surface area (Å²) in [5.41, 5.74) is 1.10. The number of nitrogens with one attached hydrogen (secondary N) is 3. The number of halogens is 2. The molecule has 3 aromatic rings. The monoisotopic (exact) mass is 485 g/mol. The van der Waals surface area contributed by atoms with Crippen molar-refractivity contribution in [3.05, 3.63) is 53.9 Å². The van der Waals surface area contributed by atoms with Crippen molar-refractivity contribution in [1.82, 2.24) is 15.5 Å². The van der Waals surface area contributed by atoms with Gasteiger partial charge >= 0.3 is 6.03 Å². The van der Waals surface area contributed by atoms with Crippen LogP contribution < -0.4 is 20.7 Å². The number of hydrogen-bond acceptors (Lipinski definition) is 6. The molecule has 1 aliphatic rings. The molecule has 2 heterocycles. The van der Waals surface area contributed by atoms with Gasteiger partial charge in [-0.05, 0) is 44.4 Å². The number of carbonyl (C=O) groups is 2. The van der Waals surface area contributed by atoms with E-state index in [1.807, 2.05) is 0 Å². The Morgan fingerprint density at radius 2 is 1.94 bits per heavy atom. The molecule has 0 radical (unpaired) electrons. The van der Waals surface area contributed by atoms with Gasteiger partial charge in [-0.25, -0.2) is 18.6 Å². The minimum Gasteiger partial charge on any atom is -0.496 e. The first-order valence-electron chi connectivity index (χ1n) is 11.1. The van der Waals surface area contributed by atoms with Gasteiger partial charge in [-0.15, -0.1) is 0 Å². The maximum atomic E-state index is 14.5. The summed E-state index contributed by atoms with van der Waals surface area (Å²) in [6, 6.07) is 6.10. The maximum Gasteiger partial charge on any atom is 0.321 e. The van der Waals surface area contributed by atoms with Crippen LogP contribution in [0.3, 0.4) is 0 Å². The van der Waals surface area contributed by atoms with Crippen LogP contribution in [-0.4, -0.2) is 35.2 Å². The van der Waals surface area contributed by atoms with Gasteiger partial charge in [0.25, 0.3) is 0 Å². The number of benzene rings is 1. The molecule has 9 nitrogen and oxygen atoms in total. The molecule has 1 aliphatic carbocycles. The fourth-order valence-corrected chi connectivity index (χ4v) is 4.14. The number of carbonyl (C=O) groups excluding carboxylic acids is 2. The predicted octanol–water partition coefficient (Wildman–Crippen LogP) is 4.65. The van der Waals surface area contributed by atoms with Crippen molar-refractivity contribution in [2.45, 2.75) is 38.6 Å². The fourth-order valence-electron chi connectivity index (χ4n) is 4.14. The van der Waals surface area contributed by atoms with Crippen molar-refractivity contribution in [2.24, 2.45) is 5.92 Å². The van der Waals surface area contributed by atoms with Crippen LogP contribution in [-0.2, 0) is 4.79 Å². The summed E-state index contributed by atoms with van der Waals surface area (Å²) in [6.45, 7) is 1.74. The van der Waals surface area contributed by atoms with Crippen LogP contribution in [0.15, 0.2) is 41.1 Å². The standard InChI is InChI=1S/C24H25F2N5O4/c1-13-8-22(35-31-13)30-24(33)28-16-5-3-4-14(9-16)23(32)29-21-11-18(19(26)12-27-21)17-7-6-15(25)10-20(17)34-2/h6-8,10-12,14,16H,3-5,9H2,1-2H3,(H,27,29,32)(H2,28,30,33)/t14-,16+/m0/s1. The zero-order chi connectivity index (χ0) is 24.9. The van der Waals surface area contributed by atoms with Crippen LogP contribution in [0.25, 0.3) is 11.1 Å². The average Bonchev–Trinajstić information content (AvgIpc) is 3.24. The zero-order valence-electron chi connectivity index (χ0n) is 19.2. The Hall–Kier alpha value is -4.02. The number of hydrogen-bond donors (Lipinski definition) is 3. The molecular weight excluding hydrogens is 460 g/mol. The molecule has 184 valence electrons. The Morgan fingerprint density at radius 3 is 2.69 bits per heavy atom. The third-order valence-corrected chi connectivity index (χ3v) is 5.81. The molecule has 1 saturated carbocycles. The van der Waals surface area contributed by atoms with E-state index in [1.165, 1.54) is 25.3 Å². The van der Waals surface area contributed by atoms with Gasteiger partial charge in [-0.3, -0.25) is 10.1 Å². The number of nitrogens with zero attached hydrogens (tertiary/aromatic N) is 2. The Kier molecular flexibility index (Phi) is 7.23. The van der Waals surface area contributed by atoms with Crippen LogP contribution >= 0.6 is 0 Å². The van der Waals surface area contributed by atoms with Crippen LogP contribution in [0, 0.1) is 24.5 Å². The maximum absolute atomic E-state index is 14.5. The normalized spacial score (nSPS) is 17.5. The minimum absolute atomic E-state index is 0.120. The zero-order valence-corrected chi connectivity index (χ0v) is 19.2. The second-order valence-corrected chi connectivity index (χ2v) is 8.37. The van der Waals surface area contributed by atoms with Gasteiger partial charge in [-0.2, -0.15) is 0 Å². The second kappa shape index (κ2) is 10.5. The van der Waals surface area contributed by atoms with E-state index in [0.29, 0.717) is 24.1 Å². The fraction of sp³-hybridized carbons (Fsp3) is 0.333. The molecule has 0 saturated heterocycles. The van der Waals surface area contributed by atoms with Gasteiger partial charge < -0.3 is 19.9 Å². The number of aryl methyl sites for hydroxylation is 1. The van der Waals surface area contributed by atoms with E-state index < -0.39 is 17.7 Å². The Bertz CT molecular complexity index is 1230. The molecule has 3 N–H and O–H groups in total. The lowest BCUT2D eigenvalue weighted by molar-refractivity contribution is -0.121. The summed E-state index contributed by atoms with van der Waals surface area (Å²) < 4.78 is 38.2. The molecule has 1 aromatic carbocycles. The van der Waals surface area contributed by atoms with Crippen molar-refractivity contribution < 1.29 is 27.6 Å². The lowest BCUT2D eigenvalue weighted by atomic mass is 9.85. The summed E-state index contributed by atoms with van der Waals surface area (Å²) in [6.07, 6.45) is 3.56. The largest absolute Gasteiger partial charge is 0.496 e. The van der Waals surface area contributed by atoms with E-state index in [-0.39, 0.29) is 40.9 Å². The van der Waals surface area contributed by atoms with Crippen molar-refractivity contribution in [2.75, 3.05) is 17.7 Å². The molecule has 2 atom stereocenters. The summed E-state index contributed by atoms with van der Waals surface area (Å²) in [5, 5.41) is 11.9. The smallest absolute Gasteiger partial charge is 0.321 e. The number of amides is 3. The summed E-state index contributed by atoms with van der Waals surface area (Å²) in [7, 11) is 1.36. The van der Waals surface area contributed by atoms with Crippen molar-refractivity contribution in [1.29, 1.82) is 0 Å². The van der Waals surface area contributed by atoms with Gasteiger partial charge in [0, 0.05) is 35.2 Å². The van der Waals surface area contributed by atoms with Gasteiger partial charge in [0.1, 0.15) is 23.2 Å². The topological polar surface area (TPSA) is 118 Å². The van der Waals surface area contributed by atoms with E-state index in [9.17, 15) is 18.4 Å². The van der Waals surface area contributed by atoms with Crippen molar-refractivity contribution in [3.8, 4) is 16.9 Å². The molecule has 4 rings (SSSR count). The van der Waals surface area contributed by atoms with E-state index >= 15 is 0 Å². The molecule has 1 fully saturated rings. The molecule has 3 amide bonds. The summed E-state index contributed by atoms with van der Waals surface area (Å²) in [5.74, 6) is -1.24. The van der Waals surface area contributed by atoms with Gasteiger partial charge in [-0.1, -0.05) is 11.6 Å². The Balaban J connectivity index is 1.40. The van der Waals surface area contributed by atoms with Gasteiger partial charge in [0.05, 0.1) is 19.0 Å². The SMILES string of the molecule is COc1cc(F)ccc1-c1cc(NC(=O)[C@H]2CCC[C@@H](NC(=O)Nc3cc(C)no3)C2)ncc1F. The van der Waals surface area contributed by atoms with Crippen LogP contribution in [0.4, 0.5) is 25.3 Å².